The Morgan fingerprint density at radius 3 is 2.67 bits per heavy atom. The van der Waals surface area contributed by atoms with Crippen LogP contribution in [0.5, 0.6) is 0 Å². The summed E-state index contributed by atoms with van der Waals surface area (Å²) in [7, 11) is 1.54. The molecule has 0 amide bonds. The number of rotatable bonds is 7. The van der Waals surface area contributed by atoms with E-state index in [2.05, 4.69) is 4.74 Å². The van der Waals surface area contributed by atoms with Crippen molar-refractivity contribution in [3.8, 4) is 0 Å². The van der Waals surface area contributed by atoms with E-state index in [0.717, 1.165) is 6.42 Å². The fourth-order valence-corrected chi connectivity index (χ4v) is 1.24. The minimum Gasteiger partial charge on any atom is -0.359 e. The molecule has 0 fully saturated rings. The normalized spacial score (nSPS) is 10.2. The van der Waals surface area contributed by atoms with Gasteiger partial charge < -0.3 is 9.47 Å². The SMILES string of the molecule is COCOCC(=O)CCc1ccccc1. The van der Waals surface area contributed by atoms with E-state index in [1.54, 1.807) is 0 Å². The highest BCUT2D eigenvalue weighted by Crippen LogP contribution is 2.02. The Balaban J connectivity index is 2.17. The van der Waals surface area contributed by atoms with Gasteiger partial charge in [0.25, 0.3) is 0 Å². The highest BCUT2D eigenvalue weighted by Gasteiger charge is 2.02. The van der Waals surface area contributed by atoms with Crippen molar-refractivity contribution in [2.45, 2.75) is 12.8 Å². The van der Waals surface area contributed by atoms with Gasteiger partial charge in [-0.15, -0.1) is 0 Å². The average Bonchev–Trinajstić information content (AvgIpc) is 2.28. The molecular formula is C12H16O3. The summed E-state index contributed by atoms with van der Waals surface area (Å²) >= 11 is 0. The Hall–Kier alpha value is -1.19. The molecule has 0 aromatic heterocycles. The molecule has 1 aromatic rings. The van der Waals surface area contributed by atoms with Crippen molar-refractivity contribution in [2.75, 3.05) is 20.5 Å². The van der Waals surface area contributed by atoms with Gasteiger partial charge in [0.05, 0.1) is 0 Å². The van der Waals surface area contributed by atoms with Gasteiger partial charge in [-0.1, -0.05) is 30.3 Å². The Morgan fingerprint density at radius 2 is 2.00 bits per heavy atom. The zero-order valence-corrected chi connectivity index (χ0v) is 8.94. The molecule has 0 radical (unpaired) electrons. The zero-order valence-electron chi connectivity index (χ0n) is 8.94. The Bertz CT molecular complexity index is 282. The van der Waals surface area contributed by atoms with Gasteiger partial charge in [-0.25, -0.2) is 0 Å². The van der Waals surface area contributed by atoms with Crippen LogP contribution in [-0.2, 0) is 20.7 Å². The van der Waals surface area contributed by atoms with Crippen LogP contribution < -0.4 is 0 Å². The predicted molar refractivity (Wildman–Crippen MR) is 57.6 cm³/mol. The molecule has 0 heterocycles. The van der Waals surface area contributed by atoms with Gasteiger partial charge in [-0.2, -0.15) is 0 Å². The average molecular weight is 208 g/mol. The number of benzene rings is 1. The number of Topliss-reactive ketones (excluding diaryl/α,β-unsaturated/α-hetero) is 1. The minimum atomic E-state index is 0.107. The van der Waals surface area contributed by atoms with Crippen LogP contribution in [0, 0.1) is 0 Å². The van der Waals surface area contributed by atoms with Gasteiger partial charge in [0, 0.05) is 13.5 Å². The summed E-state index contributed by atoms with van der Waals surface area (Å²) in [6.45, 7) is 0.317. The summed E-state index contributed by atoms with van der Waals surface area (Å²) in [4.78, 5) is 11.3. The summed E-state index contributed by atoms with van der Waals surface area (Å²) in [5.41, 5.74) is 1.18. The second-order valence-corrected chi connectivity index (χ2v) is 3.28. The second-order valence-electron chi connectivity index (χ2n) is 3.28. The molecule has 1 rings (SSSR count). The van der Waals surface area contributed by atoms with Crippen molar-refractivity contribution < 1.29 is 14.3 Å². The van der Waals surface area contributed by atoms with Crippen LogP contribution in [0.3, 0.4) is 0 Å². The largest absolute Gasteiger partial charge is 0.359 e. The molecule has 0 atom stereocenters. The topological polar surface area (TPSA) is 35.5 Å². The predicted octanol–water partition coefficient (Wildman–Crippen LogP) is 1.81. The lowest BCUT2D eigenvalue weighted by atomic mass is 10.1. The number of hydrogen-bond donors (Lipinski definition) is 0. The van der Waals surface area contributed by atoms with Crippen LogP contribution in [-0.4, -0.2) is 26.3 Å². The van der Waals surface area contributed by atoms with Gasteiger partial charge in [0.1, 0.15) is 13.4 Å². The number of methoxy groups -OCH3 is 1. The van der Waals surface area contributed by atoms with Crippen molar-refractivity contribution in [2.24, 2.45) is 0 Å². The van der Waals surface area contributed by atoms with Gasteiger partial charge in [0.2, 0.25) is 0 Å². The zero-order chi connectivity index (χ0) is 10.9. The standard InChI is InChI=1S/C12H16O3/c1-14-10-15-9-12(13)8-7-11-5-3-2-4-6-11/h2-6H,7-10H2,1H3. The van der Waals surface area contributed by atoms with Gasteiger partial charge in [-0.3, -0.25) is 4.79 Å². The quantitative estimate of drug-likeness (QED) is 0.506. The summed E-state index contributed by atoms with van der Waals surface area (Å²) in [5.74, 6) is 0.107. The van der Waals surface area contributed by atoms with Gasteiger partial charge in [-0.05, 0) is 12.0 Å². The maximum absolute atomic E-state index is 11.3. The minimum absolute atomic E-state index is 0.107. The summed E-state index contributed by atoms with van der Waals surface area (Å²) in [6.07, 6.45) is 1.30. The van der Waals surface area contributed by atoms with E-state index in [1.165, 1.54) is 12.7 Å². The molecule has 3 heteroatoms. The molecule has 0 aliphatic carbocycles. The first-order chi connectivity index (χ1) is 7.33. The first-order valence-corrected chi connectivity index (χ1v) is 4.95. The molecule has 0 aliphatic rings. The molecule has 0 unspecified atom stereocenters. The highest BCUT2D eigenvalue weighted by molar-refractivity contribution is 5.79. The van der Waals surface area contributed by atoms with Crippen LogP contribution in [0.4, 0.5) is 0 Å². The van der Waals surface area contributed by atoms with Crippen molar-refractivity contribution >= 4 is 5.78 Å². The molecule has 15 heavy (non-hydrogen) atoms. The molecular weight excluding hydrogens is 192 g/mol. The summed E-state index contributed by atoms with van der Waals surface area (Å²) in [6, 6.07) is 9.95. The van der Waals surface area contributed by atoms with E-state index < -0.39 is 0 Å². The molecule has 0 saturated heterocycles. The monoisotopic (exact) mass is 208 g/mol. The number of ether oxygens (including phenoxy) is 2. The van der Waals surface area contributed by atoms with Crippen molar-refractivity contribution in [3.05, 3.63) is 35.9 Å². The summed E-state index contributed by atoms with van der Waals surface area (Å²) in [5, 5.41) is 0. The molecule has 1 aromatic carbocycles. The van der Waals surface area contributed by atoms with Crippen LogP contribution in [0.15, 0.2) is 30.3 Å². The third-order valence-corrected chi connectivity index (χ3v) is 2.00. The third kappa shape index (κ3) is 5.30. The van der Waals surface area contributed by atoms with Crippen molar-refractivity contribution in [3.63, 3.8) is 0 Å². The Morgan fingerprint density at radius 1 is 1.27 bits per heavy atom. The van der Waals surface area contributed by atoms with E-state index in [1.807, 2.05) is 30.3 Å². The van der Waals surface area contributed by atoms with E-state index >= 15 is 0 Å². The number of ketones is 1. The molecule has 0 saturated carbocycles. The van der Waals surface area contributed by atoms with E-state index in [-0.39, 0.29) is 19.2 Å². The second kappa shape index (κ2) is 7.15. The lowest BCUT2D eigenvalue weighted by Crippen LogP contribution is -2.10. The van der Waals surface area contributed by atoms with E-state index in [4.69, 9.17) is 4.74 Å². The molecule has 82 valence electrons. The molecule has 0 N–H and O–H groups in total. The third-order valence-electron chi connectivity index (χ3n) is 2.00. The molecule has 3 nitrogen and oxygen atoms in total. The van der Waals surface area contributed by atoms with Crippen LogP contribution in [0.1, 0.15) is 12.0 Å². The fraction of sp³-hybridized carbons (Fsp3) is 0.417. The van der Waals surface area contributed by atoms with Crippen molar-refractivity contribution in [1.29, 1.82) is 0 Å². The number of aryl methyl sites for hydroxylation is 1. The Labute approximate surface area is 90.0 Å². The van der Waals surface area contributed by atoms with Crippen LogP contribution in [0.2, 0.25) is 0 Å². The first-order valence-electron chi connectivity index (χ1n) is 4.95. The van der Waals surface area contributed by atoms with Crippen molar-refractivity contribution in [1.82, 2.24) is 0 Å². The summed E-state index contributed by atoms with van der Waals surface area (Å²) < 4.78 is 9.64. The molecule has 0 bridgehead atoms. The van der Waals surface area contributed by atoms with E-state index in [9.17, 15) is 4.79 Å². The number of carbonyl (C=O) groups is 1. The van der Waals surface area contributed by atoms with E-state index in [0.29, 0.717) is 6.42 Å². The highest BCUT2D eigenvalue weighted by atomic mass is 16.7. The van der Waals surface area contributed by atoms with Gasteiger partial charge >= 0.3 is 0 Å². The molecule has 0 spiro atoms. The van der Waals surface area contributed by atoms with Crippen LogP contribution in [0.25, 0.3) is 0 Å². The smallest absolute Gasteiger partial charge is 0.158 e. The fourth-order valence-electron chi connectivity index (χ4n) is 1.24. The maximum Gasteiger partial charge on any atom is 0.158 e. The lowest BCUT2D eigenvalue weighted by Gasteiger charge is -2.02. The number of hydrogen-bond acceptors (Lipinski definition) is 3. The Kier molecular flexibility index (Phi) is 5.66. The molecule has 0 aliphatic heterocycles. The lowest BCUT2D eigenvalue weighted by molar-refractivity contribution is -0.128. The maximum atomic E-state index is 11.3. The number of carbonyl (C=O) groups excluding carboxylic acids is 1. The van der Waals surface area contributed by atoms with Crippen LogP contribution >= 0.6 is 0 Å². The van der Waals surface area contributed by atoms with Gasteiger partial charge in [0.15, 0.2) is 5.78 Å². The first kappa shape index (κ1) is 11.9.